The number of hydrogen-bond acceptors (Lipinski definition) is 3. The lowest BCUT2D eigenvalue weighted by Crippen LogP contribution is -1.81. The van der Waals surface area contributed by atoms with Crippen molar-refractivity contribution in [2.45, 2.75) is 6.92 Å². The van der Waals surface area contributed by atoms with E-state index in [1.165, 1.54) is 6.92 Å². The lowest BCUT2D eigenvalue weighted by molar-refractivity contribution is 0.320. The third-order valence-electron chi connectivity index (χ3n) is 1.86. The van der Waals surface area contributed by atoms with Crippen LogP contribution in [0.5, 0.6) is 11.5 Å². The molecule has 0 saturated carbocycles. The van der Waals surface area contributed by atoms with E-state index in [9.17, 15) is 0 Å². The Kier molecular flexibility index (Phi) is 6.36. The Bertz CT molecular complexity index is 430. The number of para-hydroxylation sites is 2. The van der Waals surface area contributed by atoms with Gasteiger partial charge in [-0.15, -0.1) is 0 Å². The molecule has 0 aliphatic heterocycles. The molecule has 0 heterocycles. The second kappa shape index (κ2) is 8.14. The molecule has 18 heavy (non-hydrogen) atoms. The van der Waals surface area contributed by atoms with Gasteiger partial charge in [-0.1, -0.05) is 53.2 Å². The predicted octanol–water partition coefficient (Wildman–Crippen LogP) is 4.51. The zero-order chi connectivity index (χ0) is 13.2. The molecule has 0 aromatic heterocycles. The van der Waals surface area contributed by atoms with E-state index in [1.54, 1.807) is 0 Å². The van der Waals surface area contributed by atoms with Crippen LogP contribution in [0.25, 0.3) is 0 Å². The molecule has 94 valence electrons. The molecule has 2 rings (SSSR count). The maximum Gasteiger partial charge on any atom is 0.142 e. The third kappa shape index (κ3) is 5.92. The minimum atomic E-state index is 0.157. The van der Waals surface area contributed by atoms with E-state index in [1.807, 2.05) is 60.7 Å². The molecule has 0 radical (unpaired) electrons. The fourth-order valence-electron chi connectivity index (χ4n) is 1.11. The molecular weight excluding hydrogens is 250 g/mol. The number of halogens is 1. The monoisotopic (exact) mass is 263 g/mol. The Morgan fingerprint density at radius 2 is 1.28 bits per heavy atom. The van der Waals surface area contributed by atoms with Gasteiger partial charge in [-0.2, -0.15) is 0 Å². The molecule has 0 aliphatic rings. The van der Waals surface area contributed by atoms with Crippen molar-refractivity contribution in [3.63, 3.8) is 0 Å². The molecule has 0 saturated heterocycles. The molecule has 0 spiro atoms. The van der Waals surface area contributed by atoms with Crippen LogP contribution >= 0.6 is 11.6 Å². The molecule has 0 atom stereocenters. The summed E-state index contributed by atoms with van der Waals surface area (Å²) in [5.74, 6) is 1.74. The van der Waals surface area contributed by atoms with Crippen LogP contribution < -0.4 is 4.74 Å². The largest absolute Gasteiger partial charge is 0.457 e. The maximum absolute atomic E-state index is 7.60. The number of nitrogens with zero attached hydrogens (tertiary/aromatic N) is 1. The number of hydrogen-bond donors (Lipinski definition) is 1. The minimum absolute atomic E-state index is 0.157. The van der Waals surface area contributed by atoms with Gasteiger partial charge >= 0.3 is 0 Å². The molecule has 3 nitrogen and oxygen atoms in total. The van der Waals surface area contributed by atoms with Gasteiger partial charge in [-0.3, -0.25) is 0 Å². The number of ether oxygens (including phenoxy) is 1. The molecule has 0 amide bonds. The fraction of sp³-hybridized carbons (Fsp3) is 0.0714. The summed E-state index contributed by atoms with van der Waals surface area (Å²) in [5.41, 5.74) is 0. The summed E-state index contributed by atoms with van der Waals surface area (Å²) in [5, 5.41) is 10.3. The van der Waals surface area contributed by atoms with E-state index in [0.29, 0.717) is 0 Å². The van der Waals surface area contributed by atoms with Crippen molar-refractivity contribution < 1.29 is 9.94 Å². The topological polar surface area (TPSA) is 41.8 Å². The van der Waals surface area contributed by atoms with E-state index < -0.39 is 0 Å². The highest BCUT2D eigenvalue weighted by molar-refractivity contribution is 6.64. The summed E-state index contributed by atoms with van der Waals surface area (Å²) >= 11 is 4.96. The van der Waals surface area contributed by atoms with Crippen molar-refractivity contribution in [2.75, 3.05) is 0 Å². The summed E-state index contributed by atoms with van der Waals surface area (Å²) in [7, 11) is 0. The third-order valence-corrected chi connectivity index (χ3v) is 1.94. The van der Waals surface area contributed by atoms with Gasteiger partial charge in [0, 0.05) is 0 Å². The van der Waals surface area contributed by atoms with Crippen molar-refractivity contribution in [1.29, 1.82) is 0 Å². The highest BCUT2D eigenvalue weighted by atomic mass is 35.5. The average Bonchev–Trinajstić information content (AvgIpc) is 2.42. The lowest BCUT2D eigenvalue weighted by Gasteiger charge is -2.03. The van der Waals surface area contributed by atoms with Crippen LogP contribution in [0.15, 0.2) is 65.8 Å². The molecule has 2 aromatic carbocycles. The summed E-state index contributed by atoms with van der Waals surface area (Å²) in [4.78, 5) is 0. The van der Waals surface area contributed by atoms with E-state index in [0.717, 1.165) is 11.5 Å². The van der Waals surface area contributed by atoms with Crippen molar-refractivity contribution in [2.24, 2.45) is 5.16 Å². The Balaban J connectivity index is 0.000000280. The predicted molar refractivity (Wildman–Crippen MR) is 73.7 cm³/mol. The van der Waals surface area contributed by atoms with Crippen molar-refractivity contribution in [3.8, 4) is 11.5 Å². The standard InChI is InChI=1S/C12H10O.C2H4ClNO/c1-3-7-11(8-4-1)13-12-9-5-2-6-10-12;1-2(3)4-5/h1-10H;5H,1H3. The molecule has 0 aliphatic carbocycles. The zero-order valence-electron chi connectivity index (χ0n) is 9.95. The van der Waals surface area contributed by atoms with Crippen LogP contribution in [0, 0.1) is 0 Å². The SMILES string of the molecule is CC(Cl)=NO.c1ccc(Oc2ccccc2)cc1. The van der Waals surface area contributed by atoms with Gasteiger partial charge in [0.15, 0.2) is 0 Å². The second-order valence-electron chi connectivity index (χ2n) is 3.33. The Morgan fingerprint density at radius 3 is 1.56 bits per heavy atom. The Labute approximate surface area is 111 Å². The first-order valence-electron chi connectivity index (χ1n) is 5.34. The molecular formula is C14H14ClNO2. The summed E-state index contributed by atoms with van der Waals surface area (Å²) in [6.45, 7) is 1.49. The fourth-order valence-corrected chi connectivity index (χ4v) is 1.11. The van der Waals surface area contributed by atoms with Crippen LogP contribution in [-0.4, -0.2) is 10.4 Å². The van der Waals surface area contributed by atoms with E-state index in [4.69, 9.17) is 21.5 Å². The van der Waals surface area contributed by atoms with E-state index >= 15 is 0 Å². The number of benzene rings is 2. The van der Waals surface area contributed by atoms with Gasteiger partial charge in [-0.25, -0.2) is 0 Å². The molecule has 0 unspecified atom stereocenters. The first kappa shape index (κ1) is 14.1. The Hall–Kier alpha value is -2.00. The van der Waals surface area contributed by atoms with Crippen LogP contribution in [0.4, 0.5) is 0 Å². The van der Waals surface area contributed by atoms with Gasteiger partial charge in [0.25, 0.3) is 0 Å². The van der Waals surface area contributed by atoms with Gasteiger partial charge in [0.2, 0.25) is 0 Å². The van der Waals surface area contributed by atoms with Crippen LogP contribution in [0.1, 0.15) is 6.92 Å². The average molecular weight is 264 g/mol. The molecule has 0 bridgehead atoms. The molecule has 1 N–H and O–H groups in total. The minimum Gasteiger partial charge on any atom is -0.457 e. The molecule has 4 heteroatoms. The second-order valence-corrected chi connectivity index (χ2v) is 3.87. The zero-order valence-corrected chi connectivity index (χ0v) is 10.7. The summed E-state index contributed by atoms with van der Waals surface area (Å²) in [6.07, 6.45) is 0. The highest BCUT2D eigenvalue weighted by Crippen LogP contribution is 2.19. The van der Waals surface area contributed by atoms with Gasteiger partial charge in [0.05, 0.1) is 0 Å². The van der Waals surface area contributed by atoms with Crippen molar-refractivity contribution in [1.82, 2.24) is 0 Å². The van der Waals surface area contributed by atoms with Crippen molar-refractivity contribution >= 4 is 16.8 Å². The normalized spacial score (nSPS) is 10.2. The maximum atomic E-state index is 7.60. The van der Waals surface area contributed by atoms with E-state index in [-0.39, 0.29) is 5.17 Å². The summed E-state index contributed by atoms with van der Waals surface area (Å²) in [6, 6.07) is 19.5. The lowest BCUT2D eigenvalue weighted by atomic mass is 10.3. The van der Waals surface area contributed by atoms with Crippen LogP contribution in [0.2, 0.25) is 0 Å². The number of oxime groups is 1. The first-order chi connectivity index (χ1) is 8.72. The first-order valence-corrected chi connectivity index (χ1v) is 5.72. The van der Waals surface area contributed by atoms with Gasteiger partial charge in [0.1, 0.15) is 16.7 Å². The van der Waals surface area contributed by atoms with Crippen molar-refractivity contribution in [3.05, 3.63) is 60.7 Å². The van der Waals surface area contributed by atoms with Gasteiger partial charge < -0.3 is 9.94 Å². The smallest absolute Gasteiger partial charge is 0.142 e. The summed E-state index contributed by atoms with van der Waals surface area (Å²) < 4.78 is 5.58. The van der Waals surface area contributed by atoms with Crippen LogP contribution in [0.3, 0.4) is 0 Å². The van der Waals surface area contributed by atoms with Crippen LogP contribution in [-0.2, 0) is 0 Å². The molecule has 0 fully saturated rings. The Morgan fingerprint density at radius 1 is 0.944 bits per heavy atom. The number of rotatable bonds is 2. The van der Waals surface area contributed by atoms with E-state index in [2.05, 4.69) is 5.16 Å². The van der Waals surface area contributed by atoms with Gasteiger partial charge in [-0.05, 0) is 31.2 Å². The molecule has 2 aromatic rings. The highest BCUT2D eigenvalue weighted by Gasteiger charge is 1.92. The quantitative estimate of drug-likeness (QED) is 0.492.